The minimum absolute atomic E-state index is 0.0165. The molecule has 0 aromatic rings. The van der Waals surface area contributed by atoms with E-state index < -0.39 is 17.4 Å². The van der Waals surface area contributed by atoms with Gasteiger partial charge in [-0.2, -0.15) is 0 Å². The summed E-state index contributed by atoms with van der Waals surface area (Å²) in [6, 6.07) is -0.456. The first-order valence-electron chi connectivity index (χ1n) is 8.72. The molecule has 1 atom stereocenters. The highest BCUT2D eigenvalue weighted by atomic mass is 16.4. The third-order valence-corrected chi connectivity index (χ3v) is 5.00. The van der Waals surface area contributed by atoms with Crippen molar-refractivity contribution in [3.8, 4) is 0 Å². The second-order valence-electron chi connectivity index (χ2n) is 6.36. The van der Waals surface area contributed by atoms with Gasteiger partial charge < -0.3 is 15.3 Å². The quantitative estimate of drug-likeness (QED) is 0.716. The molecule has 6 nitrogen and oxygen atoms in total. The van der Waals surface area contributed by atoms with Gasteiger partial charge in [-0.1, -0.05) is 20.8 Å². The van der Waals surface area contributed by atoms with E-state index in [9.17, 15) is 19.5 Å². The molecule has 0 radical (unpaired) electrons. The fraction of sp³-hybridized carbons (Fsp3) is 0.824. The number of carbonyl (C=O) groups excluding carboxylic acids is 2. The molecule has 0 bridgehead atoms. The van der Waals surface area contributed by atoms with Crippen molar-refractivity contribution in [1.82, 2.24) is 10.2 Å². The van der Waals surface area contributed by atoms with Crippen LogP contribution in [0.5, 0.6) is 0 Å². The normalized spacial score (nSPS) is 18.6. The summed E-state index contributed by atoms with van der Waals surface area (Å²) in [5.74, 6) is -1.09. The van der Waals surface area contributed by atoms with Crippen molar-refractivity contribution < 1.29 is 19.5 Å². The Hall–Kier alpha value is -1.59. The lowest BCUT2D eigenvalue weighted by molar-refractivity contribution is -0.150. The molecule has 1 saturated heterocycles. The molecule has 1 aliphatic heterocycles. The smallest absolute Gasteiger partial charge is 0.311 e. The van der Waals surface area contributed by atoms with Crippen LogP contribution in [0.25, 0.3) is 0 Å². The number of amides is 2. The zero-order valence-electron chi connectivity index (χ0n) is 14.6. The molecule has 0 spiro atoms. The van der Waals surface area contributed by atoms with Gasteiger partial charge in [-0.3, -0.25) is 14.4 Å². The summed E-state index contributed by atoms with van der Waals surface area (Å²) in [6.07, 6.45) is 4.62. The first kappa shape index (κ1) is 19.5. The third kappa shape index (κ3) is 4.69. The minimum atomic E-state index is -0.928. The van der Waals surface area contributed by atoms with Crippen LogP contribution in [0, 0.1) is 5.41 Å². The average molecular weight is 326 g/mol. The summed E-state index contributed by atoms with van der Waals surface area (Å²) < 4.78 is 0. The molecule has 1 unspecified atom stereocenters. The van der Waals surface area contributed by atoms with Crippen molar-refractivity contribution in [2.45, 2.75) is 71.8 Å². The molecule has 0 aliphatic carbocycles. The van der Waals surface area contributed by atoms with Gasteiger partial charge in [0.1, 0.15) is 6.04 Å². The van der Waals surface area contributed by atoms with Crippen molar-refractivity contribution in [2.24, 2.45) is 5.41 Å². The molecule has 0 aromatic heterocycles. The van der Waals surface area contributed by atoms with Crippen molar-refractivity contribution in [2.75, 3.05) is 13.1 Å². The van der Waals surface area contributed by atoms with E-state index in [1.165, 1.54) is 0 Å². The van der Waals surface area contributed by atoms with Crippen LogP contribution in [-0.2, 0) is 14.4 Å². The molecule has 23 heavy (non-hydrogen) atoms. The summed E-state index contributed by atoms with van der Waals surface area (Å²) in [7, 11) is 0. The number of aliphatic carboxylic acids is 1. The van der Waals surface area contributed by atoms with Crippen LogP contribution in [0.3, 0.4) is 0 Å². The summed E-state index contributed by atoms with van der Waals surface area (Å²) in [6.45, 7) is 6.31. The molecular formula is C17H30N2O4. The molecular weight excluding hydrogens is 296 g/mol. The molecule has 2 N–H and O–H groups in total. The van der Waals surface area contributed by atoms with Crippen LogP contribution in [0.2, 0.25) is 0 Å². The maximum Gasteiger partial charge on any atom is 0.311 e. The summed E-state index contributed by atoms with van der Waals surface area (Å²) >= 11 is 0. The zero-order chi connectivity index (χ0) is 17.5. The van der Waals surface area contributed by atoms with Gasteiger partial charge in [-0.15, -0.1) is 0 Å². The van der Waals surface area contributed by atoms with E-state index in [0.29, 0.717) is 32.2 Å². The molecule has 132 valence electrons. The van der Waals surface area contributed by atoms with Gasteiger partial charge in [0.2, 0.25) is 11.8 Å². The molecule has 1 heterocycles. The van der Waals surface area contributed by atoms with E-state index in [1.54, 1.807) is 4.90 Å². The lowest BCUT2D eigenvalue weighted by atomic mass is 9.82. The predicted octanol–water partition coefficient (Wildman–Crippen LogP) is 2.17. The van der Waals surface area contributed by atoms with Gasteiger partial charge in [0.05, 0.1) is 5.41 Å². The predicted molar refractivity (Wildman–Crippen MR) is 87.9 cm³/mol. The highest BCUT2D eigenvalue weighted by molar-refractivity contribution is 5.88. The van der Waals surface area contributed by atoms with E-state index in [-0.39, 0.29) is 18.4 Å². The fourth-order valence-corrected chi connectivity index (χ4v) is 3.11. The molecule has 2 amide bonds. The number of carboxylic acid groups (broad SMARTS) is 1. The molecule has 0 aromatic carbocycles. The van der Waals surface area contributed by atoms with Gasteiger partial charge in [0, 0.05) is 19.5 Å². The average Bonchev–Trinajstić information content (AvgIpc) is 2.56. The fourth-order valence-electron chi connectivity index (χ4n) is 3.11. The third-order valence-electron chi connectivity index (χ3n) is 5.00. The highest BCUT2D eigenvalue weighted by Gasteiger charge is 2.37. The Morgan fingerprint density at radius 2 is 1.83 bits per heavy atom. The van der Waals surface area contributed by atoms with Gasteiger partial charge in [0.15, 0.2) is 0 Å². The number of piperidine rings is 1. The van der Waals surface area contributed by atoms with Gasteiger partial charge in [-0.25, -0.2) is 0 Å². The van der Waals surface area contributed by atoms with Crippen LogP contribution in [-0.4, -0.2) is 46.9 Å². The second kappa shape index (κ2) is 8.89. The Labute approximate surface area is 138 Å². The number of carbonyl (C=O) groups is 3. The van der Waals surface area contributed by atoms with Crippen LogP contribution >= 0.6 is 0 Å². The number of hydrogen-bond donors (Lipinski definition) is 2. The van der Waals surface area contributed by atoms with E-state index in [2.05, 4.69) is 5.32 Å². The molecule has 0 saturated carbocycles. The number of rotatable bonds is 8. The Balaban J connectivity index is 2.74. The Kier molecular flexibility index (Phi) is 7.52. The maximum absolute atomic E-state index is 12.5. The zero-order valence-corrected chi connectivity index (χ0v) is 14.6. The lowest BCUT2D eigenvalue weighted by Gasteiger charge is -2.36. The van der Waals surface area contributed by atoms with Crippen molar-refractivity contribution in [1.29, 1.82) is 0 Å². The Bertz CT molecular complexity index is 432. The molecule has 1 rings (SSSR count). The first-order valence-corrected chi connectivity index (χ1v) is 8.72. The van der Waals surface area contributed by atoms with E-state index in [1.807, 2.05) is 20.8 Å². The number of nitrogens with one attached hydrogen (secondary N) is 1. The number of likely N-dealkylation sites (tertiary alicyclic amines) is 1. The molecule has 1 aliphatic rings. The standard InChI is InChI=1S/C17H30N2O4/c1-4-9-14(20)19-11-8-7-10-13(19)15(21)18-12-17(5-2,6-3)16(22)23/h13H,4-12H2,1-3H3,(H,18,21)(H,22,23). The van der Waals surface area contributed by atoms with Crippen LogP contribution in [0.1, 0.15) is 65.7 Å². The lowest BCUT2D eigenvalue weighted by Crippen LogP contribution is -2.54. The Morgan fingerprint density at radius 1 is 1.17 bits per heavy atom. The van der Waals surface area contributed by atoms with E-state index in [4.69, 9.17) is 0 Å². The van der Waals surface area contributed by atoms with Crippen molar-refractivity contribution in [3.05, 3.63) is 0 Å². The molecule has 6 heteroatoms. The van der Waals surface area contributed by atoms with Gasteiger partial charge in [-0.05, 0) is 38.5 Å². The Morgan fingerprint density at radius 3 is 2.35 bits per heavy atom. The van der Waals surface area contributed by atoms with Crippen LogP contribution < -0.4 is 5.32 Å². The minimum Gasteiger partial charge on any atom is -0.481 e. The van der Waals surface area contributed by atoms with Gasteiger partial charge >= 0.3 is 5.97 Å². The summed E-state index contributed by atoms with van der Waals surface area (Å²) in [5.41, 5.74) is -0.928. The second-order valence-corrected chi connectivity index (χ2v) is 6.36. The van der Waals surface area contributed by atoms with Crippen molar-refractivity contribution >= 4 is 17.8 Å². The largest absolute Gasteiger partial charge is 0.481 e. The SMILES string of the molecule is CCCC(=O)N1CCCCC1C(=O)NCC(CC)(CC)C(=O)O. The number of hydrogen-bond acceptors (Lipinski definition) is 3. The highest BCUT2D eigenvalue weighted by Crippen LogP contribution is 2.26. The van der Waals surface area contributed by atoms with Crippen LogP contribution in [0.4, 0.5) is 0 Å². The number of nitrogens with zero attached hydrogens (tertiary/aromatic N) is 1. The first-order chi connectivity index (χ1) is 10.9. The van der Waals surface area contributed by atoms with Crippen LogP contribution in [0.15, 0.2) is 0 Å². The molecule has 1 fully saturated rings. The van der Waals surface area contributed by atoms with E-state index >= 15 is 0 Å². The number of carboxylic acids is 1. The van der Waals surface area contributed by atoms with E-state index in [0.717, 1.165) is 19.3 Å². The summed E-state index contributed by atoms with van der Waals surface area (Å²) in [4.78, 5) is 37.9. The monoisotopic (exact) mass is 326 g/mol. The van der Waals surface area contributed by atoms with Crippen molar-refractivity contribution in [3.63, 3.8) is 0 Å². The topological polar surface area (TPSA) is 86.7 Å². The maximum atomic E-state index is 12.5. The van der Waals surface area contributed by atoms with Gasteiger partial charge in [0.25, 0.3) is 0 Å². The summed E-state index contributed by atoms with van der Waals surface area (Å²) in [5, 5.41) is 12.2.